The minimum absolute atomic E-state index is 0.373. The molecule has 2 heteroatoms. The maximum Gasteiger partial charge on any atom is 0.0726 e. The van der Waals surface area contributed by atoms with Crippen LogP contribution in [0.4, 0.5) is 11.4 Å². The van der Waals surface area contributed by atoms with Crippen LogP contribution in [-0.2, 0) is 5.41 Å². The van der Waals surface area contributed by atoms with Crippen LogP contribution in [0.5, 0.6) is 0 Å². The zero-order valence-corrected chi connectivity index (χ0v) is 28.1. The third kappa shape index (κ3) is 3.82. The Bertz CT molecular complexity index is 2660. The molecule has 240 valence electrons. The van der Waals surface area contributed by atoms with Gasteiger partial charge in [-0.1, -0.05) is 140 Å². The summed E-state index contributed by atoms with van der Waals surface area (Å²) in [5.41, 5.74) is 17.9. The van der Waals surface area contributed by atoms with Crippen molar-refractivity contribution in [3.8, 4) is 22.3 Å². The summed E-state index contributed by atoms with van der Waals surface area (Å²) in [5.74, 6) is 0. The molecule has 1 heterocycles. The van der Waals surface area contributed by atoms with Crippen molar-refractivity contribution in [1.82, 2.24) is 4.57 Å². The van der Waals surface area contributed by atoms with Crippen LogP contribution in [0, 0.1) is 0 Å². The van der Waals surface area contributed by atoms with Crippen LogP contribution in [0.3, 0.4) is 0 Å². The molecule has 0 saturated heterocycles. The summed E-state index contributed by atoms with van der Waals surface area (Å²) in [6.07, 6.45) is 6.58. The van der Waals surface area contributed by atoms with Gasteiger partial charge in [0.25, 0.3) is 0 Å². The molecule has 0 N–H and O–H groups in total. The first-order valence-corrected chi connectivity index (χ1v) is 18.0. The molecule has 7 aromatic carbocycles. The van der Waals surface area contributed by atoms with Gasteiger partial charge in [-0.15, -0.1) is 0 Å². The van der Waals surface area contributed by atoms with E-state index in [2.05, 4.69) is 191 Å². The molecular formula is C49H34N2. The zero-order chi connectivity index (χ0) is 33.5. The third-order valence-corrected chi connectivity index (χ3v) is 11.5. The maximum atomic E-state index is 2.53. The topological polar surface area (TPSA) is 8.17 Å². The number of hydrogen-bond acceptors (Lipinski definition) is 1. The van der Waals surface area contributed by atoms with E-state index >= 15 is 0 Å². The van der Waals surface area contributed by atoms with Crippen molar-refractivity contribution in [2.24, 2.45) is 0 Å². The maximum absolute atomic E-state index is 2.53. The number of rotatable bonds is 4. The predicted molar refractivity (Wildman–Crippen MR) is 212 cm³/mol. The molecule has 0 radical (unpaired) electrons. The van der Waals surface area contributed by atoms with Gasteiger partial charge in [-0.2, -0.15) is 0 Å². The molecule has 0 unspecified atom stereocenters. The van der Waals surface area contributed by atoms with E-state index in [1.165, 1.54) is 89.1 Å². The Morgan fingerprint density at radius 3 is 1.59 bits per heavy atom. The number of hydrogen-bond donors (Lipinski definition) is 0. The van der Waals surface area contributed by atoms with Crippen LogP contribution >= 0.6 is 0 Å². The molecule has 0 fully saturated rings. The molecule has 51 heavy (non-hydrogen) atoms. The Morgan fingerprint density at radius 1 is 0.431 bits per heavy atom. The molecule has 3 aliphatic rings. The highest BCUT2D eigenvalue weighted by atomic mass is 15.2. The lowest BCUT2D eigenvalue weighted by Gasteiger charge is -2.33. The molecular weight excluding hydrogens is 617 g/mol. The van der Waals surface area contributed by atoms with Gasteiger partial charge in [-0.05, 0) is 94.3 Å². The van der Waals surface area contributed by atoms with Gasteiger partial charge in [0.15, 0.2) is 0 Å². The van der Waals surface area contributed by atoms with Crippen LogP contribution in [0.25, 0.3) is 49.8 Å². The molecule has 0 saturated carbocycles. The number of anilines is 2. The van der Waals surface area contributed by atoms with E-state index in [1.807, 2.05) is 0 Å². The quantitative estimate of drug-likeness (QED) is 0.184. The summed E-state index contributed by atoms with van der Waals surface area (Å²) in [7, 11) is 0. The minimum atomic E-state index is -0.373. The summed E-state index contributed by atoms with van der Waals surface area (Å²) < 4.78 is 2.47. The lowest BCUT2D eigenvalue weighted by Crippen LogP contribution is -2.26. The van der Waals surface area contributed by atoms with Gasteiger partial charge in [-0.25, -0.2) is 0 Å². The van der Waals surface area contributed by atoms with Gasteiger partial charge in [0.05, 0.1) is 22.1 Å². The van der Waals surface area contributed by atoms with Gasteiger partial charge in [-0.3, -0.25) is 0 Å². The number of nitrogens with zero attached hydrogens (tertiary/aromatic N) is 2. The number of aromatic nitrogens is 1. The SMILES string of the molecule is C1=C(N(c2ccccc2)c2cccc3c2-c2ccccc2C32c3ccccc3-c3ccccc32)CCC(n2c3ccccc3c3ccccc32)=C1. The molecule has 0 bridgehead atoms. The summed E-state index contributed by atoms with van der Waals surface area (Å²) in [6.45, 7) is 0. The highest BCUT2D eigenvalue weighted by Crippen LogP contribution is 2.64. The summed E-state index contributed by atoms with van der Waals surface area (Å²) >= 11 is 0. The number of benzene rings is 7. The summed E-state index contributed by atoms with van der Waals surface area (Å²) in [5, 5.41) is 2.61. The van der Waals surface area contributed by atoms with E-state index in [4.69, 9.17) is 0 Å². The van der Waals surface area contributed by atoms with Crippen LogP contribution in [0.2, 0.25) is 0 Å². The van der Waals surface area contributed by atoms with Crippen LogP contribution < -0.4 is 4.90 Å². The predicted octanol–water partition coefficient (Wildman–Crippen LogP) is 12.5. The number of allylic oxidation sites excluding steroid dienone is 4. The molecule has 1 spiro atoms. The second kappa shape index (κ2) is 10.8. The lowest BCUT2D eigenvalue weighted by atomic mass is 9.70. The zero-order valence-electron chi connectivity index (χ0n) is 28.1. The van der Waals surface area contributed by atoms with Crippen molar-refractivity contribution < 1.29 is 0 Å². The first kappa shape index (κ1) is 28.5. The van der Waals surface area contributed by atoms with E-state index in [0.29, 0.717) is 0 Å². The first-order valence-electron chi connectivity index (χ1n) is 18.0. The van der Waals surface area contributed by atoms with Crippen molar-refractivity contribution in [1.29, 1.82) is 0 Å². The molecule has 2 nitrogen and oxygen atoms in total. The Hall–Kier alpha value is -6.38. The molecule has 0 amide bonds. The van der Waals surface area contributed by atoms with E-state index in [1.54, 1.807) is 0 Å². The summed E-state index contributed by atoms with van der Waals surface area (Å²) in [6, 6.07) is 62.8. The van der Waals surface area contributed by atoms with Crippen molar-refractivity contribution >= 4 is 38.9 Å². The summed E-state index contributed by atoms with van der Waals surface area (Å²) in [4.78, 5) is 2.53. The van der Waals surface area contributed by atoms with Gasteiger partial charge in [0, 0.05) is 33.4 Å². The minimum Gasteiger partial charge on any atom is -0.314 e. The van der Waals surface area contributed by atoms with E-state index < -0.39 is 0 Å². The van der Waals surface area contributed by atoms with Crippen LogP contribution in [0.15, 0.2) is 188 Å². The Balaban J connectivity index is 1.14. The highest BCUT2D eigenvalue weighted by Gasteiger charge is 2.52. The Morgan fingerprint density at radius 2 is 0.961 bits per heavy atom. The van der Waals surface area contributed by atoms with E-state index in [0.717, 1.165) is 12.8 Å². The second-order valence-corrected chi connectivity index (χ2v) is 13.9. The van der Waals surface area contributed by atoms with Gasteiger partial charge >= 0.3 is 0 Å². The largest absolute Gasteiger partial charge is 0.314 e. The standard InChI is InChI=1S/C49H34N2/c1-2-15-33(16-3-1)50(34-29-31-35(32-30-34)51-45-26-12-7-19-38(45)39-20-8-13-27-46(39)51)47-28-14-25-44-48(47)40-21-6-11-24-43(40)49(44)41-22-9-4-17-36(41)37-18-5-10-23-42(37)49/h1-29,31H,30,32H2. The van der Waals surface area contributed by atoms with Crippen molar-refractivity contribution in [3.05, 3.63) is 210 Å². The van der Waals surface area contributed by atoms with E-state index in [-0.39, 0.29) is 5.41 Å². The van der Waals surface area contributed by atoms with Gasteiger partial charge in [0.1, 0.15) is 0 Å². The molecule has 0 aliphatic heterocycles. The van der Waals surface area contributed by atoms with Crippen LogP contribution in [-0.4, -0.2) is 4.57 Å². The van der Waals surface area contributed by atoms with Crippen molar-refractivity contribution in [2.75, 3.05) is 4.90 Å². The molecule has 11 rings (SSSR count). The fourth-order valence-corrected chi connectivity index (χ4v) is 9.57. The lowest BCUT2D eigenvalue weighted by molar-refractivity contribution is 0.793. The average Bonchev–Trinajstić information content (AvgIpc) is 3.81. The highest BCUT2D eigenvalue weighted by molar-refractivity contribution is 6.10. The number of fused-ring (bicyclic) bond motifs is 13. The Kier molecular flexibility index (Phi) is 6.03. The van der Waals surface area contributed by atoms with E-state index in [9.17, 15) is 0 Å². The first-order chi connectivity index (χ1) is 25.3. The normalized spacial score (nSPS) is 14.9. The second-order valence-electron chi connectivity index (χ2n) is 13.9. The molecule has 1 aromatic heterocycles. The van der Waals surface area contributed by atoms with Crippen molar-refractivity contribution in [3.63, 3.8) is 0 Å². The third-order valence-electron chi connectivity index (χ3n) is 11.5. The average molecular weight is 651 g/mol. The van der Waals surface area contributed by atoms with Crippen LogP contribution in [0.1, 0.15) is 35.1 Å². The monoisotopic (exact) mass is 650 g/mol. The van der Waals surface area contributed by atoms with Crippen molar-refractivity contribution in [2.45, 2.75) is 18.3 Å². The van der Waals surface area contributed by atoms with Gasteiger partial charge in [0.2, 0.25) is 0 Å². The Labute approximate surface area is 297 Å². The molecule has 0 atom stereocenters. The molecule has 8 aromatic rings. The molecule has 3 aliphatic carbocycles. The fraction of sp³-hybridized carbons (Fsp3) is 0.0612. The smallest absolute Gasteiger partial charge is 0.0726 e. The van der Waals surface area contributed by atoms with Gasteiger partial charge < -0.3 is 9.47 Å². The number of para-hydroxylation sites is 3. The fourth-order valence-electron chi connectivity index (χ4n) is 9.57.